The monoisotopic (exact) mass is 242 g/mol. The van der Waals surface area contributed by atoms with Gasteiger partial charge in [0.2, 0.25) is 0 Å². The summed E-state index contributed by atoms with van der Waals surface area (Å²) in [6.45, 7) is -0.0876. The highest BCUT2D eigenvalue weighted by atomic mass is 19.3. The van der Waals surface area contributed by atoms with E-state index >= 15 is 0 Å². The van der Waals surface area contributed by atoms with Crippen LogP contribution < -0.4 is 15.4 Å². The Morgan fingerprint density at radius 2 is 2.24 bits per heavy atom. The first-order valence-corrected chi connectivity index (χ1v) is 4.72. The molecule has 2 N–H and O–H groups in total. The molecule has 2 amide bonds. The summed E-state index contributed by atoms with van der Waals surface area (Å²) >= 11 is 0. The maximum atomic E-state index is 12.0. The van der Waals surface area contributed by atoms with E-state index < -0.39 is 12.3 Å². The Bertz CT molecular complexity index is 477. The Kier molecular flexibility index (Phi) is 2.90. The van der Waals surface area contributed by atoms with Gasteiger partial charge in [0.25, 0.3) is 11.8 Å². The number of carbonyl (C=O) groups is 2. The van der Waals surface area contributed by atoms with Crippen molar-refractivity contribution in [3.8, 4) is 5.75 Å². The lowest BCUT2D eigenvalue weighted by Crippen LogP contribution is -2.25. The number of rotatable bonds is 2. The van der Waals surface area contributed by atoms with Gasteiger partial charge in [0.15, 0.2) is 6.61 Å². The minimum Gasteiger partial charge on any atom is -0.482 e. The van der Waals surface area contributed by atoms with Crippen molar-refractivity contribution in [1.82, 2.24) is 0 Å². The standard InChI is InChI=1S/C10H8F2N2O3/c11-9(12)10(16)13-5-1-2-7-6(3-5)14-8(15)4-17-7/h1-3,9H,4H2,(H,13,16)(H,14,15). The third-order valence-electron chi connectivity index (χ3n) is 2.08. The minimum absolute atomic E-state index is 0.0876. The fourth-order valence-corrected chi connectivity index (χ4v) is 1.36. The Morgan fingerprint density at radius 1 is 1.47 bits per heavy atom. The topological polar surface area (TPSA) is 67.4 Å². The molecule has 2 rings (SSSR count). The molecular weight excluding hydrogens is 234 g/mol. The van der Waals surface area contributed by atoms with Crippen molar-refractivity contribution >= 4 is 23.2 Å². The van der Waals surface area contributed by atoms with Crippen LogP contribution in [0.5, 0.6) is 5.75 Å². The highest BCUT2D eigenvalue weighted by molar-refractivity contribution is 5.98. The second kappa shape index (κ2) is 4.36. The number of amides is 2. The van der Waals surface area contributed by atoms with Gasteiger partial charge in [-0.1, -0.05) is 0 Å². The summed E-state index contributed by atoms with van der Waals surface area (Å²) in [5.41, 5.74) is 0.508. The number of ether oxygens (including phenoxy) is 1. The number of hydrogen-bond acceptors (Lipinski definition) is 3. The number of nitrogens with one attached hydrogen (secondary N) is 2. The molecule has 0 aliphatic carbocycles. The highest BCUT2D eigenvalue weighted by Crippen LogP contribution is 2.30. The third-order valence-corrected chi connectivity index (χ3v) is 2.08. The lowest BCUT2D eigenvalue weighted by Gasteiger charge is -2.18. The zero-order chi connectivity index (χ0) is 12.4. The van der Waals surface area contributed by atoms with Gasteiger partial charge < -0.3 is 15.4 Å². The smallest absolute Gasteiger partial charge is 0.315 e. The summed E-state index contributed by atoms with van der Waals surface area (Å²) in [5.74, 6) is -1.30. The molecule has 0 fully saturated rings. The van der Waals surface area contributed by atoms with Crippen molar-refractivity contribution in [1.29, 1.82) is 0 Å². The zero-order valence-corrected chi connectivity index (χ0v) is 8.50. The molecule has 0 saturated heterocycles. The molecule has 7 heteroatoms. The first-order valence-electron chi connectivity index (χ1n) is 4.72. The van der Waals surface area contributed by atoms with Crippen LogP contribution in [-0.4, -0.2) is 24.8 Å². The summed E-state index contributed by atoms with van der Waals surface area (Å²) in [6.07, 6.45) is -3.09. The van der Waals surface area contributed by atoms with Gasteiger partial charge in [-0.2, -0.15) is 8.78 Å². The molecule has 5 nitrogen and oxygen atoms in total. The van der Waals surface area contributed by atoms with Crippen LogP contribution >= 0.6 is 0 Å². The Morgan fingerprint density at radius 3 is 2.94 bits per heavy atom. The largest absolute Gasteiger partial charge is 0.482 e. The number of benzene rings is 1. The van der Waals surface area contributed by atoms with E-state index in [4.69, 9.17) is 4.74 Å². The number of alkyl halides is 2. The molecule has 0 atom stereocenters. The Balaban J connectivity index is 2.18. The molecule has 0 unspecified atom stereocenters. The predicted octanol–water partition coefficient (Wildman–Crippen LogP) is 1.22. The van der Waals surface area contributed by atoms with Crippen molar-refractivity contribution in [2.45, 2.75) is 6.43 Å². The highest BCUT2D eigenvalue weighted by Gasteiger charge is 2.18. The number of anilines is 2. The van der Waals surface area contributed by atoms with Crippen molar-refractivity contribution < 1.29 is 23.1 Å². The van der Waals surface area contributed by atoms with Crippen LogP contribution in [0.4, 0.5) is 20.2 Å². The van der Waals surface area contributed by atoms with E-state index in [1.807, 2.05) is 5.32 Å². The zero-order valence-electron chi connectivity index (χ0n) is 8.50. The summed E-state index contributed by atoms with van der Waals surface area (Å²) in [7, 11) is 0. The average Bonchev–Trinajstić information content (AvgIpc) is 2.28. The van der Waals surface area contributed by atoms with E-state index in [0.717, 1.165) is 0 Å². The molecule has 0 spiro atoms. The lowest BCUT2D eigenvalue weighted by atomic mass is 10.2. The van der Waals surface area contributed by atoms with Gasteiger partial charge >= 0.3 is 6.43 Å². The van der Waals surface area contributed by atoms with E-state index in [0.29, 0.717) is 11.4 Å². The summed E-state index contributed by atoms with van der Waals surface area (Å²) in [6, 6.07) is 4.25. The van der Waals surface area contributed by atoms with Crippen LogP contribution in [0.3, 0.4) is 0 Å². The van der Waals surface area contributed by atoms with Crippen LogP contribution in [0.2, 0.25) is 0 Å². The fraction of sp³-hybridized carbons (Fsp3) is 0.200. The van der Waals surface area contributed by atoms with Crippen molar-refractivity contribution in [2.75, 3.05) is 17.2 Å². The van der Waals surface area contributed by atoms with Crippen LogP contribution in [0, 0.1) is 0 Å². The maximum Gasteiger partial charge on any atom is 0.315 e. The van der Waals surface area contributed by atoms with Gasteiger partial charge in [0.1, 0.15) is 5.75 Å². The second-order valence-electron chi connectivity index (χ2n) is 3.34. The maximum absolute atomic E-state index is 12.0. The first-order chi connectivity index (χ1) is 8.06. The molecule has 1 aliphatic rings. The number of hydrogen-bond donors (Lipinski definition) is 2. The third kappa shape index (κ3) is 2.49. The molecule has 90 valence electrons. The van der Waals surface area contributed by atoms with Crippen molar-refractivity contribution in [3.63, 3.8) is 0 Å². The molecule has 17 heavy (non-hydrogen) atoms. The number of halogens is 2. The molecule has 1 aliphatic heterocycles. The van der Waals surface area contributed by atoms with Gasteiger partial charge in [-0.05, 0) is 18.2 Å². The Hall–Kier alpha value is -2.18. The van der Waals surface area contributed by atoms with Gasteiger partial charge in [-0.15, -0.1) is 0 Å². The van der Waals surface area contributed by atoms with E-state index in [1.165, 1.54) is 18.2 Å². The summed E-state index contributed by atoms with van der Waals surface area (Å²) in [4.78, 5) is 21.8. The number of fused-ring (bicyclic) bond motifs is 1. The predicted molar refractivity (Wildman–Crippen MR) is 55.2 cm³/mol. The summed E-state index contributed by atoms with van der Waals surface area (Å²) in [5, 5.41) is 4.51. The van der Waals surface area contributed by atoms with E-state index in [2.05, 4.69) is 5.32 Å². The van der Waals surface area contributed by atoms with Crippen LogP contribution in [0.25, 0.3) is 0 Å². The molecule has 0 aromatic heterocycles. The SMILES string of the molecule is O=C1COc2ccc(NC(=O)C(F)F)cc2N1. The van der Waals surface area contributed by atoms with E-state index in [1.54, 1.807) is 0 Å². The molecule has 1 aromatic carbocycles. The second-order valence-corrected chi connectivity index (χ2v) is 3.34. The molecule has 1 heterocycles. The average molecular weight is 242 g/mol. The van der Waals surface area contributed by atoms with Gasteiger partial charge in [0.05, 0.1) is 5.69 Å². The van der Waals surface area contributed by atoms with Crippen LogP contribution in [0.1, 0.15) is 0 Å². The van der Waals surface area contributed by atoms with Gasteiger partial charge in [0, 0.05) is 5.69 Å². The van der Waals surface area contributed by atoms with Gasteiger partial charge in [-0.3, -0.25) is 9.59 Å². The Labute approximate surface area is 94.8 Å². The quantitative estimate of drug-likeness (QED) is 0.819. The van der Waals surface area contributed by atoms with Crippen LogP contribution in [0.15, 0.2) is 18.2 Å². The molecule has 0 saturated carbocycles. The molecular formula is C10H8F2N2O3. The summed E-state index contributed by atoms with van der Waals surface area (Å²) < 4.78 is 29.1. The van der Waals surface area contributed by atoms with Crippen LogP contribution in [-0.2, 0) is 9.59 Å². The van der Waals surface area contributed by atoms with Gasteiger partial charge in [-0.25, -0.2) is 0 Å². The first kappa shape index (κ1) is 11.3. The van der Waals surface area contributed by atoms with Crippen molar-refractivity contribution in [2.24, 2.45) is 0 Å². The fourth-order valence-electron chi connectivity index (χ4n) is 1.36. The van der Waals surface area contributed by atoms with E-state index in [-0.39, 0.29) is 18.2 Å². The molecule has 0 radical (unpaired) electrons. The normalized spacial score (nSPS) is 13.7. The molecule has 1 aromatic rings. The lowest BCUT2D eigenvalue weighted by molar-refractivity contribution is -0.126. The minimum atomic E-state index is -3.09. The van der Waals surface area contributed by atoms with E-state index in [9.17, 15) is 18.4 Å². The molecule has 0 bridgehead atoms. The van der Waals surface area contributed by atoms with Crippen molar-refractivity contribution in [3.05, 3.63) is 18.2 Å². The number of carbonyl (C=O) groups excluding carboxylic acids is 2.